The summed E-state index contributed by atoms with van der Waals surface area (Å²) in [5, 5.41) is 12.9. The Bertz CT molecular complexity index is 622. The normalized spacial score (nSPS) is 10.7. The third-order valence-electron chi connectivity index (χ3n) is 2.81. The highest BCUT2D eigenvalue weighted by atomic mass is 19.1. The molecule has 5 nitrogen and oxygen atoms in total. The molecule has 0 aliphatic rings. The van der Waals surface area contributed by atoms with Crippen molar-refractivity contribution < 1.29 is 14.3 Å². The van der Waals surface area contributed by atoms with Crippen LogP contribution in [0.4, 0.5) is 4.39 Å². The molecular formula is C13H14FN3O2. The van der Waals surface area contributed by atoms with Gasteiger partial charge >= 0.3 is 5.97 Å². The Kier molecular flexibility index (Phi) is 3.59. The highest BCUT2D eigenvalue weighted by Gasteiger charge is 2.17. The van der Waals surface area contributed by atoms with Gasteiger partial charge in [-0.1, -0.05) is 13.0 Å². The molecule has 0 bridgehead atoms. The van der Waals surface area contributed by atoms with E-state index in [4.69, 9.17) is 5.11 Å². The molecule has 0 aliphatic carbocycles. The number of nitrogens with zero attached hydrogens (tertiary/aromatic N) is 3. The van der Waals surface area contributed by atoms with Crippen LogP contribution in [0.1, 0.15) is 35.4 Å². The fourth-order valence-electron chi connectivity index (χ4n) is 1.84. The highest BCUT2D eigenvalue weighted by molar-refractivity contribution is 5.83. The van der Waals surface area contributed by atoms with E-state index in [-0.39, 0.29) is 11.6 Å². The standard InChI is InChI=1S/C13H14FN3O2/c1-3-5-11-15-12(13(18)19)16-17(11)10-7-4-6-9(14)8(10)2/h4,6-7H,3,5H2,1-2H3,(H,18,19). The molecule has 100 valence electrons. The Morgan fingerprint density at radius 1 is 1.47 bits per heavy atom. The summed E-state index contributed by atoms with van der Waals surface area (Å²) in [5.41, 5.74) is 0.935. The van der Waals surface area contributed by atoms with Gasteiger partial charge in [0.2, 0.25) is 0 Å². The summed E-state index contributed by atoms with van der Waals surface area (Å²) >= 11 is 0. The van der Waals surface area contributed by atoms with Crippen LogP contribution < -0.4 is 0 Å². The topological polar surface area (TPSA) is 68.0 Å². The van der Waals surface area contributed by atoms with Gasteiger partial charge < -0.3 is 5.11 Å². The van der Waals surface area contributed by atoms with Gasteiger partial charge in [0.25, 0.3) is 5.82 Å². The van der Waals surface area contributed by atoms with Gasteiger partial charge in [-0.15, -0.1) is 5.10 Å². The van der Waals surface area contributed by atoms with Gasteiger partial charge in [0, 0.05) is 12.0 Å². The van der Waals surface area contributed by atoms with E-state index in [0.29, 0.717) is 23.5 Å². The van der Waals surface area contributed by atoms with Crippen LogP contribution in [-0.4, -0.2) is 25.8 Å². The summed E-state index contributed by atoms with van der Waals surface area (Å²) in [6.07, 6.45) is 1.38. The van der Waals surface area contributed by atoms with E-state index in [1.807, 2.05) is 6.92 Å². The van der Waals surface area contributed by atoms with Crippen LogP contribution in [0, 0.1) is 12.7 Å². The molecule has 0 atom stereocenters. The minimum Gasteiger partial charge on any atom is -0.475 e. The number of aromatic carboxylic acids is 1. The summed E-state index contributed by atoms with van der Waals surface area (Å²) in [7, 11) is 0. The number of halogens is 1. The second-order valence-electron chi connectivity index (χ2n) is 4.20. The Hall–Kier alpha value is -2.24. The summed E-state index contributed by atoms with van der Waals surface area (Å²) < 4.78 is 15.0. The first-order valence-corrected chi connectivity index (χ1v) is 5.99. The molecule has 0 spiro atoms. The molecule has 0 aliphatic heterocycles. The van der Waals surface area contributed by atoms with Gasteiger partial charge in [0.1, 0.15) is 11.6 Å². The average Bonchev–Trinajstić information content (AvgIpc) is 2.77. The lowest BCUT2D eigenvalue weighted by molar-refractivity contribution is 0.0683. The number of aromatic nitrogens is 3. The molecule has 1 aromatic heterocycles. The molecule has 0 unspecified atom stereocenters. The number of aryl methyl sites for hydroxylation is 1. The van der Waals surface area contributed by atoms with Crippen molar-refractivity contribution in [3.8, 4) is 5.69 Å². The summed E-state index contributed by atoms with van der Waals surface area (Å²) in [6.45, 7) is 3.58. The predicted octanol–water partition coefficient (Wildman–Crippen LogP) is 2.37. The Morgan fingerprint density at radius 3 is 2.84 bits per heavy atom. The fourth-order valence-corrected chi connectivity index (χ4v) is 1.84. The first-order valence-electron chi connectivity index (χ1n) is 5.99. The minimum absolute atomic E-state index is 0.271. The number of hydrogen-bond acceptors (Lipinski definition) is 3. The maximum Gasteiger partial charge on any atom is 0.375 e. The lowest BCUT2D eigenvalue weighted by atomic mass is 10.2. The number of rotatable bonds is 4. The maximum absolute atomic E-state index is 13.6. The van der Waals surface area contributed by atoms with Crippen molar-refractivity contribution in [1.82, 2.24) is 14.8 Å². The molecule has 6 heteroatoms. The van der Waals surface area contributed by atoms with E-state index in [1.165, 1.54) is 10.7 Å². The van der Waals surface area contributed by atoms with Gasteiger partial charge in [-0.05, 0) is 25.5 Å². The zero-order valence-corrected chi connectivity index (χ0v) is 10.7. The quantitative estimate of drug-likeness (QED) is 0.919. The van der Waals surface area contributed by atoms with Crippen molar-refractivity contribution in [2.24, 2.45) is 0 Å². The predicted molar refractivity (Wildman–Crippen MR) is 67.0 cm³/mol. The smallest absolute Gasteiger partial charge is 0.375 e. The van der Waals surface area contributed by atoms with Gasteiger partial charge in [-0.2, -0.15) is 0 Å². The maximum atomic E-state index is 13.6. The lowest BCUT2D eigenvalue weighted by Gasteiger charge is -2.08. The van der Waals surface area contributed by atoms with Crippen LogP contribution in [0.5, 0.6) is 0 Å². The van der Waals surface area contributed by atoms with Crippen molar-refractivity contribution >= 4 is 5.97 Å². The summed E-state index contributed by atoms with van der Waals surface area (Å²) in [4.78, 5) is 14.9. The van der Waals surface area contributed by atoms with Gasteiger partial charge in [-0.3, -0.25) is 0 Å². The largest absolute Gasteiger partial charge is 0.475 e. The van der Waals surface area contributed by atoms with Gasteiger partial charge in [0.05, 0.1) is 5.69 Å². The summed E-state index contributed by atoms with van der Waals surface area (Å²) in [6, 6.07) is 4.61. The Labute approximate surface area is 109 Å². The first-order chi connectivity index (χ1) is 9.04. The first kappa shape index (κ1) is 13.2. The number of carboxylic acid groups (broad SMARTS) is 1. The van der Waals surface area contributed by atoms with Crippen LogP contribution in [-0.2, 0) is 6.42 Å². The molecule has 2 aromatic rings. The molecule has 1 N–H and O–H groups in total. The number of benzene rings is 1. The molecule has 0 fully saturated rings. The van der Waals surface area contributed by atoms with Crippen molar-refractivity contribution in [3.05, 3.63) is 41.2 Å². The molecule has 19 heavy (non-hydrogen) atoms. The van der Waals surface area contributed by atoms with Gasteiger partial charge in [0.15, 0.2) is 0 Å². The van der Waals surface area contributed by atoms with Crippen LogP contribution in [0.25, 0.3) is 5.69 Å². The number of hydrogen-bond donors (Lipinski definition) is 1. The second-order valence-corrected chi connectivity index (χ2v) is 4.20. The SMILES string of the molecule is CCCc1nc(C(=O)O)nn1-c1cccc(F)c1C. The van der Waals surface area contributed by atoms with Crippen LogP contribution in [0.15, 0.2) is 18.2 Å². The van der Waals surface area contributed by atoms with E-state index >= 15 is 0 Å². The average molecular weight is 263 g/mol. The summed E-state index contributed by atoms with van der Waals surface area (Å²) in [5.74, 6) is -1.29. The Morgan fingerprint density at radius 2 is 2.21 bits per heavy atom. The number of carboxylic acids is 1. The van der Waals surface area contributed by atoms with Crippen LogP contribution >= 0.6 is 0 Å². The highest BCUT2D eigenvalue weighted by Crippen LogP contribution is 2.18. The molecule has 1 heterocycles. The monoisotopic (exact) mass is 263 g/mol. The lowest BCUT2D eigenvalue weighted by Crippen LogP contribution is -2.06. The van der Waals surface area contributed by atoms with E-state index < -0.39 is 5.97 Å². The minimum atomic E-state index is -1.19. The van der Waals surface area contributed by atoms with E-state index in [9.17, 15) is 9.18 Å². The van der Waals surface area contributed by atoms with Gasteiger partial charge in [-0.25, -0.2) is 18.9 Å². The zero-order valence-electron chi connectivity index (χ0n) is 10.7. The zero-order chi connectivity index (χ0) is 14.0. The van der Waals surface area contributed by atoms with Crippen molar-refractivity contribution in [2.45, 2.75) is 26.7 Å². The van der Waals surface area contributed by atoms with E-state index in [0.717, 1.165) is 6.42 Å². The molecular weight excluding hydrogens is 249 g/mol. The van der Waals surface area contributed by atoms with Crippen LogP contribution in [0.3, 0.4) is 0 Å². The molecule has 2 rings (SSSR count). The third-order valence-corrected chi connectivity index (χ3v) is 2.81. The number of carbonyl (C=O) groups is 1. The van der Waals surface area contributed by atoms with Crippen molar-refractivity contribution in [3.63, 3.8) is 0 Å². The second kappa shape index (κ2) is 5.17. The molecule has 0 saturated heterocycles. The van der Waals surface area contributed by atoms with Crippen molar-refractivity contribution in [1.29, 1.82) is 0 Å². The fraction of sp³-hybridized carbons (Fsp3) is 0.308. The molecule has 0 radical (unpaired) electrons. The molecule has 0 saturated carbocycles. The van der Waals surface area contributed by atoms with E-state index in [1.54, 1.807) is 19.1 Å². The van der Waals surface area contributed by atoms with Crippen LogP contribution in [0.2, 0.25) is 0 Å². The third kappa shape index (κ3) is 2.47. The molecule has 0 amide bonds. The van der Waals surface area contributed by atoms with Crippen molar-refractivity contribution in [2.75, 3.05) is 0 Å². The van der Waals surface area contributed by atoms with E-state index in [2.05, 4.69) is 10.1 Å². The Balaban J connectivity index is 2.59. The molecule has 1 aromatic carbocycles.